The van der Waals surface area contributed by atoms with Crippen molar-refractivity contribution < 1.29 is 0 Å². The topological polar surface area (TPSA) is 30.2 Å². The Kier molecular flexibility index (Phi) is 2.10. The maximum Gasteiger partial charge on any atom is 0.169 e. The van der Waals surface area contributed by atoms with Crippen LogP contribution in [-0.2, 0) is 5.41 Å². The third-order valence-electron chi connectivity index (χ3n) is 2.18. The Balaban J connectivity index is 2.63. The number of hydrogen-bond acceptors (Lipinski definition) is 2. The van der Waals surface area contributed by atoms with Crippen molar-refractivity contribution in [2.24, 2.45) is 0 Å². The molecule has 0 fully saturated rings. The zero-order chi connectivity index (χ0) is 10.3. The van der Waals surface area contributed by atoms with Crippen LogP contribution in [0.2, 0.25) is 0 Å². The molecule has 2 aromatic heterocycles. The van der Waals surface area contributed by atoms with Crippen molar-refractivity contribution in [2.45, 2.75) is 26.2 Å². The summed E-state index contributed by atoms with van der Waals surface area (Å²) in [6.45, 7) is 6.48. The molecule has 3 nitrogen and oxygen atoms in total. The van der Waals surface area contributed by atoms with Gasteiger partial charge in [-0.25, -0.2) is 9.50 Å². The summed E-state index contributed by atoms with van der Waals surface area (Å²) in [5.41, 5.74) is 2.15. The largest absolute Gasteiger partial charge is 0.236 e. The molecule has 2 heterocycles. The van der Waals surface area contributed by atoms with Crippen LogP contribution in [0, 0.1) is 0 Å². The minimum Gasteiger partial charge on any atom is -0.236 e. The zero-order valence-corrected chi connectivity index (χ0v) is 10.0. The zero-order valence-electron chi connectivity index (χ0n) is 8.45. The van der Waals surface area contributed by atoms with Crippen molar-refractivity contribution in [3.63, 3.8) is 0 Å². The van der Waals surface area contributed by atoms with Gasteiger partial charge < -0.3 is 0 Å². The maximum absolute atomic E-state index is 4.36. The van der Waals surface area contributed by atoms with Crippen LogP contribution in [0.3, 0.4) is 0 Å². The van der Waals surface area contributed by atoms with Crippen molar-refractivity contribution in [1.82, 2.24) is 14.6 Å². The third-order valence-corrected chi connectivity index (χ3v) is 2.74. The number of halogens is 1. The monoisotopic (exact) mass is 253 g/mol. The summed E-state index contributed by atoms with van der Waals surface area (Å²) < 4.78 is 2.72. The standard InChI is InChI=1S/C10H12BrN3/c1-10(2,3)7-4-12-9-8(11)5-13-14(9)6-7/h4-6H,1-3H3. The smallest absolute Gasteiger partial charge is 0.169 e. The van der Waals surface area contributed by atoms with E-state index in [0.717, 1.165) is 10.1 Å². The van der Waals surface area contributed by atoms with Crippen LogP contribution < -0.4 is 0 Å². The van der Waals surface area contributed by atoms with Gasteiger partial charge in [-0.15, -0.1) is 0 Å². The van der Waals surface area contributed by atoms with E-state index in [1.807, 2.05) is 12.4 Å². The second-order valence-corrected chi connectivity index (χ2v) is 5.21. The molecule has 0 bridgehead atoms. The van der Waals surface area contributed by atoms with Gasteiger partial charge in [-0.2, -0.15) is 5.10 Å². The molecule has 2 aromatic rings. The van der Waals surface area contributed by atoms with Gasteiger partial charge in [0.05, 0.1) is 10.7 Å². The van der Waals surface area contributed by atoms with Gasteiger partial charge >= 0.3 is 0 Å². The van der Waals surface area contributed by atoms with Crippen LogP contribution >= 0.6 is 15.9 Å². The molecule has 0 unspecified atom stereocenters. The average Bonchev–Trinajstić information content (AvgIpc) is 2.46. The first kappa shape index (κ1) is 9.65. The Morgan fingerprint density at radius 3 is 2.64 bits per heavy atom. The highest BCUT2D eigenvalue weighted by atomic mass is 79.9. The molecule has 0 aliphatic heterocycles. The number of fused-ring (bicyclic) bond motifs is 1. The highest BCUT2D eigenvalue weighted by Gasteiger charge is 2.15. The Bertz CT molecular complexity index is 468. The fraction of sp³-hybridized carbons (Fsp3) is 0.400. The molecule has 0 atom stereocenters. The predicted molar refractivity (Wildman–Crippen MR) is 59.4 cm³/mol. The lowest BCUT2D eigenvalue weighted by atomic mass is 9.89. The summed E-state index contributed by atoms with van der Waals surface area (Å²) in [6, 6.07) is 0. The molecule has 0 aliphatic carbocycles. The summed E-state index contributed by atoms with van der Waals surface area (Å²) in [4.78, 5) is 4.36. The van der Waals surface area contributed by atoms with Gasteiger partial charge in [-0.3, -0.25) is 0 Å². The van der Waals surface area contributed by atoms with E-state index in [1.165, 1.54) is 5.56 Å². The lowest BCUT2D eigenvalue weighted by molar-refractivity contribution is 0.581. The van der Waals surface area contributed by atoms with Gasteiger partial charge in [-0.1, -0.05) is 20.8 Å². The minimum absolute atomic E-state index is 0.111. The minimum atomic E-state index is 0.111. The molecule has 0 saturated heterocycles. The number of hydrogen-bond donors (Lipinski definition) is 0. The van der Waals surface area contributed by atoms with Crippen molar-refractivity contribution >= 4 is 21.6 Å². The molecule has 0 radical (unpaired) electrons. The van der Waals surface area contributed by atoms with Crippen molar-refractivity contribution in [3.05, 3.63) is 28.6 Å². The lowest BCUT2D eigenvalue weighted by Gasteiger charge is -2.17. The Hall–Kier alpha value is -0.900. The fourth-order valence-corrected chi connectivity index (χ4v) is 1.61. The van der Waals surface area contributed by atoms with E-state index in [9.17, 15) is 0 Å². The predicted octanol–water partition coefficient (Wildman–Crippen LogP) is 2.79. The van der Waals surface area contributed by atoms with Crippen molar-refractivity contribution in [2.75, 3.05) is 0 Å². The molecule has 14 heavy (non-hydrogen) atoms. The molecule has 0 amide bonds. The summed E-state index contributed by atoms with van der Waals surface area (Å²) >= 11 is 3.40. The van der Waals surface area contributed by atoms with Crippen LogP contribution in [0.15, 0.2) is 23.1 Å². The highest BCUT2D eigenvalue weighted by molar-refractivity contribution is 9.10. The second-order valence-electron chi connectivity index (χ2n) is 4.35. The van der Waals surface area contributed by atoms with Crippen LogP contribution in [0.4, 0.5) is 0 Å². The van der Waals surface area contributed by atoms with Gasteiger partial charge in [0.25, 0.3) is 0 Å². The van der Waals surface area contributed by atoms with E-state index in [0.29, 0.717) is 0 Å². The molecule has 0 aromatic carbocycles. The Morgan fingerprint density at radius 1 is 1.29 bits per heavy atom. The molecule has 0 spiro atoms. The SMILES string of the molecule is CC(C)(C)c1cnc2c(Br)cnn2c1. The van der Waals surface area contributed by atoms with Gasteiger partial charge in [-0.05, 0) is 26.9 Å². The summed E-state index contributed by atoms with van der Waals surface area (Å²) in [5, 5.41) is 4.20. The average molecular weight is 254 g/mol. The summed E-state index contributed by atoms with van der Waals surface area (Å²) in [5.74, 6) is 0. The van der Waals surface area contributed by atoms with Gasteiger partial charge in [0, 0.05) is 12.4 Å². The van der Waals surface area contributed by atoms with Crippen LogP contribution in [0.25, 0.3) is 5.65 Å². The molecule has 74 valence electrons. The number of rotatable bonds is 0. The number of nitrogens with zero attached hydrogens (tertiary/aromatic N) is 3. The second kappa shape index (κ2) is 3.05. The molecule has 0 N–H and O–H groups in total. The van der Waals surface area contributed by atoms with Crippen molar-refractivity contribution in [1.29, 1.82) is 0 Å². The van der Waals surface area contributed by atoms with Crippen LogP contribution in [0.5, 0.6) is 0 Å². The Morgan fingerprint density at radius 2 is 2.00 bits per heavy atom. The molecule has 2 rings (SSSR count). The van der Waals surface area contributed by atoms with E-state index < -0.39 is 0 Å². The molecule has 0 saturated carbocycles. The third kappa shape index (κ3) is 1.54. The summed E-state index contributed by atoms with van der Waals surface area (Å²) in [6.07, 6.45) is 5.68. The highest BCUT2D eigenvalue weighted by Crippen LogP contribution is 2.22. The molecule has 0 aliphatic rings. The summed E-state index contributed by atoms with van der Waals surface area (Å²) in [7, 11) is 0. The van der Waals surface area contributed by atoms with Crippen LogP contribution in [-0.4, -0.2) is 14.6 Å². The quantitative estimate of drug-likeness (QED) is 0.723. The van der Waals surface area contributed by atoms with E-state index in [2.05, 4.69) is 46.8 Å². The lowest BCUT2D eigenvalue weighted by Crippen LogP contribution is -2.12. The normalized spacial score (nSPS) is 12.3. The van der Waals surface area contributed by atoms with E-state index in [4.69, 9.17) is 0 Å². The Labute approximate surface area is 91.3 Å². The molecular weight excluding hydrogens is 242 g/mol. The van der Waals surface area contributed by atoms with Crippen molar-refractivity contribution in [3.8, 4) is 0 Å². The van der Waals surface area contributed by atoms with E-state index in [-0.39, 0.29) is 5.41 Å². The van der Waals surface area contributed by atoms with Crippen LogP contribution in [0.1, 0.15) is 26.3 Å². The molecular formula is C10H12BrN3. The first-order valence-electron chi connectivity index (χ1n) is 4.48. The first-order chi connectivity index (χ1) is 6.48. The van der Waals surface area contributed by atoms with Gasteiger partial charge in [0.1, 0.15) is 0 Å². The van der Waals surface area contributed by atoms with Gasteiger partial charge in [0.2, 0.25) is 0 Å². The molecule has 4 heteroatoms. The van der Waals surface area contributed by atoms with E-state index >= 15 is 0 Å². The number of aromatic nitrogens is 3. The first-order valence-corrected chi connectivity index (χ1v) is 5.27. The van der Waals surface area contributed by atoms with Gasteiger partial charge in [0.15, 0.2) is 5.65 Å². The maximum atomic E-state index is 4.36. The fourth-order valence-electron chi connectivity index (χ4n) is 1.23. The van der Waals surface area contributed by atoms with E-state index in [1.54, 1.807) is 10.7 Å².